The van der Waals surface area contributed by atoms with E-state index in [1.54, 1.807) is 30.1 Å². The van der Waals surface area contributed by atoms with Gasteiger partial charge in [0, 0.05) is 0 Å². The summed E-state index contributed by atoms with van der Waals surface area (Å²) in [5, 5.41) is 22.4. The van der Waals surface area contributed by atoms with Gasteiger partial charge in [-0.3, -0.25) is 0 Å². The molecule has 29 heavy (non-hydrogen) atoms. The van der Waals surface area contributed by atoms with E-state index in [0.717, 1.165) is 11.3 Å². The molecule has 9 heteroatoms. The Bertz CT molecular complexity index is 1200. The zero-order valence-electron chi connectivity index (χ0n) is 15.4. The second kappa shape index (κ2) is 7.85. The second-order valence-corrected chi connectivity index (χ2v) is 6.06. The normalized spacial score (nSPS) is 11.2. The molecule has 1 N–H and O–H groups in total. The molecule has 4 rings (SSSR count). The molecule has 144 valence electrons. The Morgan fingerprint density at radius 1 is 1.14 bits per heavy atom. The highest BCUT2D eigenvalue weighted by Crippen LogP contribution is 2.28. The number of fused-ring (bicyclic) bond motifs is 1. The third-order valence-corrected chi connectivity index (χ3v) is 4.28. The van der Waals surface area contributed by atoms with Crippen LogP contribution in [0.2, 0.25) is 0 Å². The first-order valence-electron chi connectivity index (χ1n) is 8.69. The van der Waals surface area contributed by atoms with Gasteiger partial charge in [-0.2, -0.15) is 10.2 Å². The topological polar surface area (TPSA) is 115 Å². The lowest BCUT2D eigenvalue weighted by Crippen LogP contribution is -2.00. The average molecular weight is 388 g/mol. The summed E-state index contributed by atoms with van der Waals surface area (Å²) in [6.45, 7) is 0.298. The number of rotatable bonds is 6. The number of carbonyl (C=O) groups is 1. The van der Waals surface area contributed by atoms with Crippen molar-refractivity contribution in [3.8, 4) is 11.4 Å². The Hall–Kier alpha value is -4.14. The van der Waals surface area contributed by atoms with E-state index in [-0.39, 0.29) is 5.56 Å². The van der Waals surface area contributed by atoms with Crippen LogP contribution in [0.25, 0.3) is 16.7 Å². The number of azo groups is 1. The summed E-state index contributed by atoms with van der Waals surface area (Å²) < 4.78 is 7.07. The van der Waals surface area contributed by atoms with Crippen molar-refractivity contribution in [2.45, 2.75) is 6.54 Å². The van der Waals surface area contributed by atoms with Gasteiger partial charge >= 0.3 is 5.97 Å². The molecule has 0 aliphatic heterocycles. The Morgan fingerprint density at radius 3 is 2.69 bits per heavy atom. The van der Waals surface area contributed by atoms with Crippen LogP contribution in [0.5, 0.6) is 5.75 Å². The minimum absolute atomic E-state index is 0.229. The molecule has 0 aliphatic rings. The number of para-hydroxylation sites is 2. The average Bonchev–Trinajstić information content (AvgIpc) is 3.19. The van der Waals surface area contributed by atoms with E-state index in [4.69, 9.17) is 9.84 Å². The molecule has 0 radical (unpaired) electrons. The van der Waals surface area contributed by atoms with Gasteiger partial charge in [-0.25, -0.2) is 19.4 Å². The van der Waals surface area contributed by atoms with Gasteiger partial charge in [0.1, 0.15) is 17.8 Å². The minimum atomic E-state index is -0.964. The van der Waals surface area contributed by atoms with Gasteiger partial charge in [0.2, 0.25) is 0 Å². The summed E-state index contributed by atoms with van der Waals surface area (Å²) in [4.78, 5) is 19.4. The van der Waals surface area contributed by atoms with E-state index in [9.17, 15) is 4.79 Å². The molecule has 0 atom stereocenters. The van der Waals surface area contributed by atoms with Gasteiger partial charge in [-0.15, -0.1) is 5.11 Å². The van der Waals surface area contributed by atoms with Gasteiger partial charge < -0.3 is 9.84 Å². The van der Waals surface area contributed by atoms with Crippen molar-refractivity contribution >= 4 is 22.8 Å². The number of carboxylic acid groups (broad SMARTS) is 1. The van der Waals surface area contributed by atoms with Gasteiger partial charge in [-0.1, -0.05) is 24.3 Å². The Kier molecular flexibility index (Phi) is 4.93. The van der Waals surface area contributed by atoms with Crippen molar-refractivity contribution in [2.75, 3.05) is 7.11 Å². The van der Waals surface area contributed by atoms with Crippen molar-refractivity contribution in [3.63, 3.8) is 0 Å². The Labute approximate surface area is 165 Å². The maximum Gasteiger partial charge on any atom is 0.335 e. The number of benzene rings is 2. The van der Waals surface area contributed by atoms with E-state index >= 15 is 0 Å². The van der Waals surface area contributed by atoms with E-state index in [1.807, 2.05) is 24.3 Å². The van der Waals surface area contributed by atoms with Crippen LogP contribution in [0.15, 0.2) is 71.3 Å². The highest BCUT2D eigenvalue weighted by molar-refractivity contribution is 5.87. The maximum absolute atomic E-state index is 10.9. The molecule has 2 aromatic carbocycles. The molecule has 0 amide bonds. The summed E-state index contributed by atoms with van der Waals surface area (Å²) >= 11 is 0. The van der Waals surface area contributed by atoms with Crippen molar-refractivity contribution < 1.29 is 14.6 Å². The van der Waals surface area contributed by atoms with Crippen LogP contribution in [-0.2, 0) is 6.54 Å². The summed E-state index contributed by atoms with van der Waals surface area (Å²) in [5.74, 6) is 0.107. The van der Waals surface area contributed by atoms with Crippen LogP contribution in [0, 0.1) is 0 Å². The monoisotopic (exact) mass is 388 g/mol. The smallest absolute Gasteiger partial charge is 0.335 e. The molecule has 4 aromatic rings. The molecule has 0 saturated heterocycles. The summed E-state index contributed by atoms with van der Waals surface area (Å²) in [5.41, 5.74) is 2.41. The van der Waals surface area contributed by atoms with Crippen molar-refractivity contribution in [1.29, 1.82) is 0 Å². The van der Waals surface area contributed by atoms with E-state index in [2.05, 4.69) is 25.3 Å². The number of nitrogens with zero attached hydrogens (tertiary/aromatic N) is 6. The van der Waals surface area contributed by atoms with Crippen molar-refractivity contribution in [3.05, 3.63) is 72.2 Å². The van der Waals surface area contributed by atoms with Gasteiger partial charge in [-0.05, 0) is 29.8 Å². The summed E-state index contributed by atoms with van der Waals surface area (Å²) in [6.07, 6.45) is 3.05. The molecule has 2 heterocycles. The van der Waals surface area contributed by atoms with Crippen molar-refractivity contribution in [1.82, 2.24) is 19.7 Å². The zero-order valence-corrected chi connectivity index (χ0v) is 15.4. The number of hydrogen-bond donors (Lipinski definition) is 1. The number of methoxy groups -OCH3 is 1. The second-order valence-electron chi connectivity index (χ2n) is 6.06. The standard InChI is InChI=1S/C20H16N6O3/c1-29-17-5-3-2-4-16(17)26-19-15(11-24-26)18(21-12-22-19)25-23-10-13-6-8-14(9-7-13)20(27)28/h2-9,11-12H,10H2,1H3,(H,27,28). The number of aromatic nitrogens is 4. The summed E-state index contributed by atoms with van der Waals surface area (Å²) in [7, 11) is 1.60. The molecular weight excluding hydrogens is 372 g/mol. The number of carboxylic acids is 1. The molecule has 0 aliphatic carbocycles. The maximum atomic E-state index is 10.9. The minimum Gasteiger partial charge on any atom is -0.494 e. The fraction of sp³-hybridized carbons (Fsp3) is 0.100. The van der Waals surface area contributed by atoms with E-state index < -0.39 is 5.97 Å². The fourth-order valence-electron chi connectivity index (χ4n) is 2.83. The number of aromatic carboxylic acids is 1. The molecule has 0 bridgehead atoms. The molecule has 0 saturated carbocycles. The number of hydrogen-bond acceptors (Lipinski definition) is 7. The number of ether oxygens (including phenoxy) is 1. The van der Waals surface area contributed by atoms with Crippen LogP contribution >= 0.6 is 0 Å². The van der Waals surface area contributed by atoms with Crippen LogP contribution in [0.3, 0.4) is 0 Å². The van der Waals surface area contributed by atoms with E-state index in [0.29, 0.717) is 29.1 Å². The molecule has 2 aromatic heterocycles. The zero-order chi connectivity index (χ0) is 20.2. The van der Waals surface area contributed by atoms with Gasteiger partial charge in [0.25, 0.3) is 0 Å². The summed E-state index contributed by atoms with van der Waals surface area (Å²) in [6, 6.07) is 14.0. The first kappa shape index (κ1) is 18.2. The quantitative estimate of drug-likeness (QED) is 0.502. The third-order valence-electron chi connectivity index (χ3n) is 4.28. The first-order chi connectivity index (χ1) is 14.2. The SMILES string of the molecule is COc1ccccc1-n1ncc2c(N=NCc3ccc(C(=O)O)cc3)ncnc21. The Morgan fingerprint density at radius 2 is 1.93 bits per heavy atom. The third kappa shape index (κ3) is 3.65. The first-order valence-corrected chi connectivity index (χ1v) is 8.69. The highest BCUT2D eigenvalue weighted by atomic mass is 16.5. The Balaban J connectivity index is 1.61. The van der Waals surface area contributed by atoms with Crippen molar-refractivity contribution in [2.24, 2.45) is 10.2 Å². The molecule has 9 nitrogen and oxygen atoms in total. The fourth-order valence-corrected chi connectivity index (χ4v) is 2.83. The van der Waals surface area contributed by atoms with Crippen LogP contribution in [-0.4, -0.2) is 37.9 Å². The molecule has 0 fully saturated rings. The molecule has 0 spiro atoms. The lowest BCUT2D eigenvalue weighted by atomic mass is 10.1. The lowest BCUT2D eigenvalue weighted by Gasteiger charge is -2.08. The van der Waals surface area contributed by atoms with Crippen LogP contribution in [0.1, 0.15) is 15.9 Å². The lowest BCUT2D eigenvalue weighted by molar-refractivity contribution is 0.0697. The molecular formula is C20H16N6O3. The molecule has 0 unspecified atom stereocenters. The van der Waals surface area contributed by atoms with Crippen LogP contribution in [0.4, 0.5) is 5.82 Å². The van der Waals surface area contributed by atoms with E-state index in [1.165, 1.54) is 18.5 Å². The van der Waals surface area contributed by atoms with Gasteiger partial charge in [0.05, 0.1) is 30.8 Å². The highest BCUT2D eigenvalue weighted by Gasteiger charge is 2.13. The van der Waals surface area contributed by atoms with Gasteiger partial charge in [0.15, 0.2) is 11.5 Å². The van der Waals surface area contributed by atoms with Crippen LogP contribution < -0.4 is 4.74 Å². The largest absolute Gasteiger partial charge is 0.494 e. The predicted octanol–water partition coefficient (Wildman–Crippen LogP) is 3.81. The predicted molar refractivity (Wildman–Crippen MR) is 105 cm³/mol.